The average molecular weight is 587 g/mol. The molecule has 3 aromatic rings. The highest BCUT2D eigenvalue weighted by Crippen LogP contribution is 2.33. The molecule has 1 aromatic heterocycles. The average Bonchev–Trinajstić information content (AvgIpc) is 2.83. The zero-order valence-corrected chi connectivity index (χ0v) is 23.6. The van der Waals surface area contributed by atoms with Crippen LogP contribution < -0.4 is 4.72 Å². The molecule has 4 rings (SSSR count). The highest BCUT2D eigenvalue weighted by Gasteiger charge is 2.26. The van der Waals surface area contributed by atoms with E-state index in [0.29, 0.717) is 29.4 Å². The van der Waals surface area contributed by atoms with Crippen LogP contribution in [0, 0.1) is 13.8 Å². The summed E-state index contributed by atoms with van der Waals surface area (Å²) in [6.45, 7) is 4.59. The second kappa shape index (κ2) is 10.9. The summed E-state index contributed by atoms with van der Waals surface area (Å²) < 4.78 is 55.5. The van der Waals surface area contributed by atoms with Crippen molar-refractivity contribution in [2.24, 2.45) is 0 Å². The molecule has 192 valence electrons. The number of halogens is 2. The molecule has 0 saturated carbocycles. The van der Waals surface area contributed by atoms with E-state index < -0.39 is 20.0 Å². The Kier molecular flexibility index (Phi) is 8.23. The van der Waals surface area contributed by atoms with Crippen LogP contribution in [0.4, 0.5) is 5.82 Å². The zero-order chi connectivity index (χ0) is 26.1. The second-order valence-electron chi connectivity index (χ2n) is 8.46. The topological polar surface area (TPSA) is 96.4 Å². The van der Waals surface area contributed by atoms with Crippen LogP contribution in [0.5, 0.6) is 0 Å². The van der Waals surface area contributed by atoms with Crippen molar-refractivity contribution in [2.75, 3.05) is 17.8 Å². The van der Waals surface area contributed by atoms with Crippen molar-refractivity contribution in [3.05, 3.63) is 69.8 Å². The summed E-state index contributed by atoms with van der Waals surface area (Å²) in [5.74, 6) is 0.156. The highest BCUT2D eigenvalue weighted by molar-refractivity contribution is 7.99. The fourth-order valence-electron chi connectivity index (χ4n) is 3.80. The van der Waals surface area contributed by atoms with Gasteiger partial charge in [-0.05, 0) is 80.8 Å². The molecule has 0 radical (unpaired) electrons. The van der Waals surface area contributed by atoms with Gasteiger partial charge in [-0.15, -0.1) is 0 Å². The lowest BCUT2D eigenvalue weighted by atomic mass is 10.2. The van der Waals surface area contributed by atoms with Gasteiger partial charge in [0.15, 0.2) is 0 Å². The third-order valence-corrected chi connectivity index (χ3v) is 11.1. The molecule has 1 fully saturated rings. The normalized spacial score (nSPS) is 15.1. The van der Waals surface area contributed by atoms with E-state index in [0.717, 1.165) is 29.1 Å². The van der Waals surface area contributed by atoms with E-state index in [-0.39, 0.29) is 20.6 Å². The first kappa shape index (κ1) is 27.2. The Hall–Kier alpha value is -1.82. The van der Waals surface area contributed by atoms with Gasteiger partial charge >= 0.3 is 0 Å². The van der Waals surface area contributed by atoms with Crippen LogP contribution in [0.1, 0.15) is 30.5 Å². The van der Waals surface area contributed by atoms with Gasteiger partial charge in [0.1, 0.15) is 10.7 Å². The van der Waals surface area contributed by atoms with Crippen molar-refractivity contribution in [1.82, 2.24) is 9.29 Å². The number of nitrogens with one attached hydrogen (secondary N) is 1. The third-order valence-electron chi connectivity index (χ3n) is 5.78. The Morgan fingerprint density at radius 1 is 0.889 bits per heavy atom. The number of aryl methyl sites for hydroxylation is 2. The monoisotopic (exact) mass is 585 g/mol. The van der Waals surface area contributed by atoms with Crippen LogP contribution in [0.3, 0.4) is 0 Å². The number of nitrogens with zero attached hydrogens (tertiary/aromatic N) is 2. The van der Waals surface area contributed by atoms with Crippen molar-refractivity contribution in [3.63, 3.8) is 0 Å². The Balaban J connectivity index is 1.48. The van der Waals surface area contributed by atoms with E-state index in [4.69, 9.17) is 23.2 Å². The van der Waals surface area contributed by atoms with Crippen molar-refractivity contribution < 1.29 is 16.8 Å². The molecule has 36 heavy (non-hydrogen) atoms. The van der Waals surface area contributed by atoms with Crippen molar-refractivity contribution >= 4 is 60.8 Å². The number of piperidine rings is 1. The first-order chi connectivity index (χ1) is 17.0. The van der Waals surface area contributed by atoms with Gasteiger partial charge in [-0.3, -0.25) is 4.72 Å². The summed E-state index contributed by atoms with van der Waals surface area (Å²) in [5, 5.41) is 0.402. The summed E-state index contributed by atoms with van der Waals surface area (Å²) in [6, 6.07) is 12.9. The smallest absolute Gasteiger partial charge is 0.263 e. The summed E-state index contributed by atoms with van der Waals surface area (Å²) >= 11 is 13.5. The van der Waals surface area contributed by atoms with Crippen LogP contribution in [-0.2, 0) is 20.0 Å². The molecule has 0 unspecified atom stereocenters. The number of benzene rings is 2. The predicted molar refractivity (Wildman–Crippen MR) is 144 cm³/mol. The number of hydrogen-bond donors (Lipinski definition) is 1. The molecule has 0 bridgehead atoms. The van der Waals surface area contributed by atoms with Gasteiger partial charge in [0.05, 0.1) is 15.6 Å². The molecular formula is C24H25Cl2N3O4S3. The third kappa shape index (κ3) is 6.00. The van der Waals surface area contributed by atoms with E-state index in [1.165, 1.54) is 23.9 Å². The van der Waals surface area contributed by atoms with Gasteiger partial charge in [0.25, 0.3) is 10.0 Å². The minimum Gasteiger partial charge on any atom is -0.263 e. The number of hydrogen-bond acceptors (Lipinski definition) is 6. The number of sulfonamides is 2. The molecule has 0 spiro atoms. The second-order valence-corrected chi connectivity index (χ2v) is 14.0. The SMILES string of the molecule is Cc1cc(S(=O)(=O)Nc2ccc(Sc3ccc(S(=O)(=O)N4CCCCC4)cc3)c(C)n2)c(Cl)cc1Cl. The van der Waals surface area contributed by atoms with Crippen LogP contribution in [0.2, 0.25) is 10.0 Å². The Labute approximate surface area is 226 Å². The number of anilines is 1. The lowest BCUT2D eigenvalue weighted by Gasteiger charge is -2.25. The number of rotatable bonds is 7. The molecule has 0 aliphatic carbocycles. The molecule has 1 N–H and O–H groups in total. The molecule has 1 aliphatic heterocycles. The van der Waals surface area contributed by atoms with Crippen LogP contribution >= 0.6 is 35.0 Å². The quantitative estimate of drug-likeness (QED) is 0.358. The molecule has 2 aromatic carbocycles. The predicted octanol–water partition coefficient (Wildman–Crippen LogP) is 6.13. The lowest BCUT2D eigenvalue weighted by Crippen LogP contribution is -2.35. The molecule has 2 heterocycles. The number of pyridine rings is 1. The van der Waals surface area contributed by atoms with Crippen LogP contribution in [0.15, 0.2) is 68.1 Å². The molecule has 1 saturated heterocycles. The zero-order valence-electron chi connectivity index (χ0n) is 19.7. The van der Waals surface area contributed by atoms with E-state index in [1.54, 1.807) is 54.6 Å². The van der Waals surface area contributed by atoms with Crippen molar-refractivity contribution in [2.45, 2.75) is 52.7 Å². The maximum absolute atomic E-state index is 12.9. The molecular weight excluding hydrogens is 561 g/mol. The molecule has 0 amide bonds. The highest BCUT2D eigenvalue weighted by atomic mass is 35.5. The number of aromatic nitrogens is 1. The molecule has 12 heteroatoms. The maximum atomic E-state index is 12.9. The van der Waals surface area contributed by atoms with Gasteiger partial charge < -0.3 is 0 Å². The minimum absolute atomic E-state index is 0.0211. The van der Waals surface area contributed by atoms with E-state index in [2.05, 4.69) is 9.71 Å². The van der Waals surface area contributed by atoms with Crippen molar-refractivity contribution in [1.29, 1.82) is 0 Å². The Morgan fingerprint density at radius 3 is 2.19 bits per heavy atom. The van der Waals surface area contributed by atoms with Crippen LogP contribution in [-0.4, -0.2) is 39.2 Å². The van der Waals surface area contributed by atoms with Gasteiger partial charge in [-0.1, -0.05) is 41.4 Å². The largest absolute Gasteiger partial charge is 0.264 e. The molecule has 1 aliphatic rings. The fraction of sp³-hybridized carbons (Fsp3) is 0.292. The summed E-state index contributed by atoms with van der Waals surface area (Å²) in [6.07, 6.45) is 2.83. The van der Waals surface area contributed by atoms with Gasteiger partial charge in [0, 0.05) is 27.9 Å². The fourth-order valence-corrected chi connectivity index (χ4v) is 8.01. The maximum Gasteiger partial charge on any atom is 0.264 e. The van der Waals surface area contributed by atoms with Gasteiger partial charge in [0.2, 0.25) is 10.0 Å². The first-order valence-corrected chi connectivity index (χ1v) is 15.7. The molecule has 7 nitrogen and oxygen atoms in total. The summed E-state index contributed by atoms with van der Waals surface area (Å²) in [4.78, 5) is 6.24. The Morgan fingerprint density at radius 2 is 1.56 bits per heavy atom. The van der Waals surface area contributed by atoms with Gasteiger partial charge in [-0.25, -0.2) is 21.8 Å². The molecule has 0 atom stereocenters. The van der Waals surface area contributed by atoms with Gasteiger partial charge in [-0.2, -0.15) is 4.31 Å². The Bertz CT molecular complexity index is 1490. The van der Waals surface area contributed by atoms with Crippen LogP contribution in [0.25, 0.3) is 0 Å². The summed E-state index contributed by atoms with van der Waals surface area (Å²) in [7, 11) is -7.45. The van der Waals surface area contributed by atoms with E-state index in [9.17, 15) is 16.8 Å². The van der Waals surface area contributed by atoms with E-state index >= 15 is 0 Å². The minimum atomic E-state index is -3.97. The lowest BCUT2D eigenvalue weighted by molar-refractivity contribution is 0.346. The standard InChI is InChI=1S/C24H25Cl2N3O4S3/c1-16-14-23(21(26)15-20(16)25)35(30,31)28-24-11-10-22(17(2)27-24)34-18-6-8-19(9-7-18)36(32,33)29-12-4-3-5-13-29/h6-11,14-15H,3-5,12-13H2,1-2H3,(H,27,28). The van der Waals surface area contributed by atoms with E-state index in [1.807, 2.05) is 0 Å². The summed E-state index contributed by atoms with van der Waals surface area (Å²) in [5.41, 5.74) is 1.20. The first-order valence-electron chi connectivity index (χ1n) is 11.2. The van der Waals surface area contributed by atoms with Crippen molar-refractivity contribution in [3.8, 4) is 0 Å².